The highest BCUT2D eigenvalue weighted by atomic mass is 19.3. The molecular weight excluding hydrogens is 318 g/mol. The first-order valence-corrected chi connectivity index (χ1v) is 7.99. The number of fused-ring (bicyclic) bond motifs is 1. The molecule has 1 aromatic heterocycles. The molecule has 1 saturated heterocycles. The van der Waals surface area contributed by atoms with Gasteiger partial charge in [-0.1, -0.05) is 6.07 Å². The number of carbonyl (C=O) groups excluding carboxylic acids is 1. The lowest BCUT2D eigenvalue weighted by atomic mass is 9.92. The van der Waals surface area contributed by atoms with E-state index in [4.69, 9.17) is 0 Å². The highest BCUT2D eigenvalue weighted by molar-refractivity contribution is 5.99. The number of amides is 1. The van der Waals surface area contributed by atoms with Crippen molar-refractivity contribution >= 4 is 16.8 Å². The Kier molecular flexibility index (Phi) is 4.71. The van der Waals surface area contributed by atoms with Crippen LogP contribution in [0.2, 0.25) is 0 Å². The fraction of sp³-hybridized carbons (Fsp3) is 0.471. The molecule has 1 atom stereocenters. The predicted molar refractivity (Wildman–Crippen MR) is 85.2 cm³/mol. The first-order chi connectivity index (χ1) is 11.5. The van der Waals surface area contributed by atoms with Gasteiger partial charge in [0.2, 0.25) is 0 Å². The number of halogens is 2. The van der Waals surface area contributed by atoms with E-state index in [1.165, 1.54) is 6.07 Å². The number of piperidine rings is 1. The predicted octanol–water partition coefficient (Wildman–Crippen LogP) is 3.00. The van der Waals surface area contributed by atoms with Crippen molar-refractivity contribution in [3.63, 3.8) is 0 Å². The molecule has 3 rings (SSSR count). The van der Waals surface area contributed by atoms with Crippen LogP contribution in [0.15, 0.2) is 24.3 Å². The number of benzene rings is 1. The standard InChI is InChI=1S/C17H20F2N2O3/c1-10(22)11-5-7-21(8-6-11)16(23)14-9-12-13(20-14)3-2-4-15(12)24-17(18)19/h2-4,9-11,17,20,22H,5-8H2,1H3. The fourth-order valence-corrected chi connectivity index (χ4v) is 3.20. The van der Waals surface area contributed by atoms with Crippen molar-refractivity contribution < 1.29 is 23.4 Å². The third-order valence-corrected chi connectivity index (χ3v) is 4.58. The third-order valence-electron chi connectivity index (χ3n) is 4.58. The Morgan fingerprint density at radius 3 is 2.71 bits per heavy atom. The first-order valence-electron chi connectivity index (χ1n) is 7.99. The SMILES string of the molecule is CC(O)C1CCN(C(=O)c2cc3c(OC(F)F)cccc3[nH]2)CC1. The van der Waals surface area contributed by atoms with Crippen molar-refractivity contribution in [3.8, 4) is 5.75 Å². The molecule has 2 aromatic rings. The van der Waals surface area contributed by atoms with Crippen LogP contribution < -0.4 is 4.74 Å². The summed E-state index contributed by atoms with van der Waals surface area (Å²) in [6.45, 7) is 0.00255. The lowest BCUT2D eigenvalue weighted by molar-refractivity contribution is -0.0487. The number of ether oxygens (including phenoxy) is 1. The number of aliphatic hydroxyl groups excluding tert-OH is 1. The molecule has 1 fully saturated rings. The van der Waals surface area contributed by atoms with Gasteiger partial charge in [0.1, 0.15) is 11.4 Å². The second-order valence-corrected chi connectivity index (χ2v) is 6.15. The summed E-state index contributed by atoms with van der Waals surface area (Å²) in [4.78, 5) is 17.3. The van der Waals surface area contributed by atoms with Gasteiger partial charge in [-0.2, -0.15) is 8.78 Å². The average Bonchev–Trinajstić information content (AvgIpc) is 2.99. The van der Waals surface area contributed by atoms with Crippen LogP contribution >= 0.6 is 0 Å². The second kappa shape index (κ2) is 6.76. The summed E-state index contributed by atoms with van der Waals surface area (Å²) in [5.41, 5.74) is 0.932. The van der Waals surface area contributed by atoms with E-state index in [1.807, 2.05) is 0 Å². The number of alkyl halides is 2. The van der Waals surface area contributed by atoms with E-state index < -0.39 is 6.61 Å². The van der Waals surface area contributed by atoms with Crippen molar-refractivity contribution in [2.24, 2.45) is 5.92 Å². The van der Waals surface area contributed by atoms with Crippen LogP contribution in [0.25, 0.3) is 10.9 Å². The van der Waals surface area contributed by atoms with Gasteiger partial charge in [0.15, 0.2) is 0 Å². The molecule has 0 spiro atoms. The highest BCUT2D eigenvalue weighted by Crippen LogP contribution is 2.29. The van der Waals surface area contributed by atoms with Crippen molar-refractivity contribution in [2.75, 3.05) is 13.1 Å². The number of likely N-dealkylation sites (tertiary alicyclic amines) is 1. The Morgan fingerprint density at radius 1 is 1.38 bits per heavy atom. The summed E-state index contributed by atoms with van der Waals surface area (Å²) in [6, 6.07) is 6.31. The smallest absolute Gasteiger partial charge is 0.387 e. The molecule has 24 heavy (non-hydrogen) atoms. The molecule has 1 aliphatic rings. The van der Waals surface area contributed by atoms with E-state index in [2.05, 4.69) is 9.72 Å². The number of H-pyrrole nitrogens is 1. The summed E-state index contributed by atoms with van der Waals surface area (Å²) in [6.07, 6.45) is 1.14. The van der Waals surface area contributed by atoms with E-state index in [9.17, 15) is 18.7 Å². The minimum Gasteiger partial charge on any atom is -0.434 e. The Bertz CT molecular complexity index is 722. The molecule has 1 unspecified atom stereocenters. The number of nitrogens with zero attached hydrogens (tertiary/aromatic N) is 1. The number of rotatable bonds is 4. The molecule has 5 nitrogen and oxygen atoms in total. The number of aliphatic hydroxyl groups is 1. The summed E-state index contributed by atoms with van der Waals surface area (Å²) in [5.74, 6) is 0.0895. The molecule has 0 saturated carbocycles. The van der Waals surface area contributed by atoms with Crippen LogP contribution in [0.4, 0.5) is 8.78 Å². The second-order valence-electron chi connectivity index (χ2n) is 6.15. The summed E-state index contributed by atoms with van der Waals surface area (Å²) < 4.78 is 29.5. The van der Waals surface area contributed by atoms with Gasteiger partial charge in [-0.3, -0.25) is 4.79 Å². The molecule has 1 aromatic carbocycles. The number of hydrogen-bond acceptors (Lipinski definition) is 3. The van der Waals surface area contributed by atoms with Crippen LogP contribution in [-0.2, 0) is 0 Å². The van der Waals surface area contributed by atoms with Crippen LogP contribution in [-0.4, -0.2) is 46.7 Å². The zero-order valence-corrected chi connectivity index (χ0v) is 13.3. The number of aromatic amines is 1. The number of nitrogens with one attached hydrogen (secondary N) is 1. The molecule has 1 amide bonds. The Hall–Kier alpha value is -2.15. The van der Waals surface area contributed by atoms with Gasteiger partial charge < -0.3 is 19.7 Å². The van der Waals surface area contributed by atoms with E-state index in [1.54, 1.807) is 30.0 Å². The van der Waals surface area contributed by atoms with Crippen molar-refractivity contribution in [1.82, 2.24) is 9.88 Å². The van der Waals surface area contributed by atoms with Gasteiger partial charge >= 0.3 is 6.61 Å². The zero-order chi connectivity index (χ0) is 17.3. The van der Waals surface area contributed by atoms with Crippen molar-refractivity contribution in [1.29, 1.82) is 0 Å². The van der Waals surface area contributed by atoms with Crippen LogP contribution in [0.3, 0.4) is 0 Å². The van der Waals surface area contributed by atoms with E-state index in [0.29, 0.717) is 29.7 Å². The van der Waals surface area contributed by atoms with Gasteiger partial charge in [-0.15, -0.1) is 0 Å². The maximum atomic E-state index is 12.6. The third kappa shape index (κ3) is 3.36. The Morgan fingerprint density at radius 2 is 2.08 bits per heavy atom. The van der Waals surface area contributed by atoms with Crippen LogP contribution in [0.5, 0.6) is 5.75 Å². The first kappa shape index (κ1) is 16.7. The summed E-state index contributed by atoms with van der Waals surface area (Å²) in [5, 5.41) is 10.1. The fourth-order valence-electron chi connectivity index (χ4n) is 3.20. The lowest BCUT2D eigenvalue weighted by Gasteiger charge is -2.33. The van der Waals surface area contributed by atoms with E-state index >= 15 is 0 Å². The molecule has 0 bridgehead atoms. The minimum atomic E-state index is -2.91. The molecule has 130 valence electrons. The highest BCUT2D eigenvalue weighted by Gasteiger charge is 2.27. The van der Waals surface area contributed by atoms with Crippen molar-refractivity contribution in [2.45, 2.75) is 32.5 Å². The Labute approximate surface area is 138 Å². The van der Waals surface area contributed by atoms with Crippen molar-refractivity contribution in [3.05, 3.63) is 30.0 Å². The average molecular weight is 338 g/mol. The number of aromatic nitrogens is 1. The van der Waals surface area contributed by atoms with E-state index in [0.717, 1.165) is 12.8 Å². The van der Waals surface area contributed by atoms with E-state index in [-0.39, 0.29) is 23.7 Å². The van der Waals surface area contributed by atoms with Crippen LogP contribution in [0.1, 0.15) is 30.3 Å². The molecule has 2 heterocycles. The number of carbonyl (C=O) groups is 1. The Balaban J connectivity index is 1.78. The number of hydrogen-bond donors (Lipinski definition) is 2. The van der Waals surface area contributed by atoms with Gasteiger partial charge in [-0.25, -0.2) is 0 Å². The molecule has 0 radical (unpaired) electrons. The maximum absolute atomic E-state index is 12.6. The largest absolute Gasteiger partial charge is 0.434 e. The quantitative estimate of drug-likeness (QED) is 0.901. The zero-order valence-electron chi connectivity index (χ0n) is 13.3. The molecular formula is C17H20F2N2O3. The molecule has 1 aliphatic heterocycles. The van der Waals surface area contributed by atoms with Gasteiger partial charge in [-0.05, 0) is 43.9 Å². The molecule has 0 aliphatic carbocycles. The van der Waals surface area contributed by atoms with Gasteiger partial charge in [0.25, 0.3) is 5.91 Å². The van der Waals surface area contributed by atoms with Gasteiger partial charge in [0, 0.05) is 24.0 Å². The summed E-state index contributed by atoms with van der Waals surface area (Å²) in [7, 11) is 0. The van der Waals surface area contributed by atoms with Gasteiger partial charge in [0.05, 0.1) is 6.10 Å². The summed E-state index contributed by atoms with van der Waals surface area (Å²) >= 11 is 0. The molecule has 2 N–H and O–H groups in total. The lowest BCUT2D eigenvalue weighted by Crippen LogP contribution is -2.40. The monoisotopic (exact) mass is 338 g/mol. The normalized spacial score (nSPS) is 17.5. The molecule has 7 heteroatoms. The van der Waals surface area contributed by atoms with Crippen LogP contribution in [0, 0.1) is 5.92 Å². The topological polar surface area (TPSA) is 65.6 Å². The maximum Gasteiger partial charge on any atom is 0.387 e. The minimum absolute atomic E-state index is 0.0469.